The summed E-state index contributed by atoms with van der Waals surface area (Å²) >= 11 is 0. The van der Waals surface area contributed by atoms with Crippen molar-refractivity contribution in [3.63, 3.8) is 0 Å². The van der Waals surface area contributed by atoms with Crippen LogP contribution in [0.5, 0.6) is 11.5 Å². The van der Waals surface area contributed by atoms with Crippen LogP contribution in [0.25, 0.3) is 0 Å². The van der Waals surface area contributed by atoms with Gasteiger partial charge in [0.05, 0.1) is 29.8 Å². The molecule has 230 valence electrons. The van der Waals surface area contributed by atoms with E-state index in [-0.39, 0.29) is 23.3 Å². The molecule has 0 saturated carbocycles. The average molecular weight is 587 g/mol. The van der Waals surface area contributed by atoms with Gasteiger partial charge in [-0.15, -0.1) is 0 Å². The number of benzene rings is 2. The lowest BCUT2D eigenvalue weighted by molar-refractivity contribution is 0.0651. The van der Waals surface area contributed by atoms with Crippen molar-refractivity contribution in [3.8, 4) is 11.5 Å². The maximum Gasteiger partial charge on any atom is 0.261 e. The Morgan fingerprint density at radius 2 is 1.51 bits per heavy atom. The van der Waals surface area contributed by atoms with E-state index in [1.807, 2.05) is 24.3 Å². The van der Waals surface area contributed by atoms with Gasteiger partial charge in [0, 0.05) is 25.1 Å². The molecule has 1 spiro atoms. The summed E-state index contributed by atoms with van der Waals surface area (Å²) in [5.74, 6) is 1.40. The van der Waals surface area contributed by atoms with Crippen molar-refractivity contribution < 1.29 is 24.2 Å². The first kappa shape index (κ1) is 29.9. The number of rotatable bonds is 14. The number of fused-ring (bicyclic) bond motifs is 1. The maximum atomic E-state index is 12.5. The van der Waals surface area contributed by atoms with Crippen molar-refractivity contribution in [2.75, 3.05) is 26.7 Å². The van der Waals surface area contributed by atoms with Crippen LogP contribution in [0.2, 0.25) is 0 Å². The van der Waals surface area contributed by atoms with E-state index in [9.17, 15) is 14.7 Å². The van der Waals surface area contributed by atoms with Crippen molar-refractivity contribution in [1.29, 1.82) is 0 Å². The fourth-order valence-electron chi connectivity index (χ4n) is 7.65. The van der Waals surface area contributed by atoms with Crippen LogP contribution in [0.4, 0.5) is 0 Å². The molecule has 0 unspecified atom stereocenters. The van der Waals surface area contributed by atoms with Crippen molar-refractivity contribution >= 4 is 11.8 Å². The topological polar surface area (TPSA) is 79.3 Å². The van der Waals surface area contributed by atoms with Crippen LogP contribution in [-0.2, 0) is 12.0 Å². The van der Waals surface area contributed by atoms with Crippen molar-refractivity contribution in [2.45, 2.75) is 101 Å². The van der Waals surface area contributed by atoms with Crippen LogP contribution in [0.3, 0.4) is 0 Å². The molecule has 3 atom stereocenters. The smallest absolute Gasteiger partial charge is 0.261 e. The summed E-state index contributed by atoms with van der Waals surface area (Å²) in [5, 5.41) is 10.3. The van der Waals surface area contributed by atoms with E-state index < -0.39 is 6.10 Å². The van der Waals surface area contributed by atoms with Gasteiger partial charge < -0.3 is 14.6 Å². The third-order valence-electron chi connectivity index (χ3n) is 10.0. The predicted molar refractivity (Wildman–Crippen MR) is 167 cm³/mol. The van der Waals surface area contributed by atoms with E-state index in [0.717, 1.165) is 56.8 Å². The van der Waals surface area contributed by atoms with Crippen LogP contribution < -0.4 is 9.47 Å². The Bertz CT molecular complexity index is 1320. The fraction of sp³-hybridized carbons (Fsp3) is 0.556. The number of nitrogens with zero attached hydrogens (tertiary/aromatic N) is 2. The van der Waals surface area contributed by atoms with Crippen LogP contribution in [0.1, 0.15) is 109 Å². The van der Waals surface area contributed by atoms with E-state index in [4.69, 9.17) is 9.47 Å². The molecule has 0 saturated heterocycles. The number of ether oxygens (including phenoxy) is 2. The van der Waals surface area contributed by atoms with Gasteiger partial charge in [-0.25, -0.2) is 0 Å². The molecule has 2 amide bonds. The minimum absolute atomic E-state index is 0.0335. The van der Waals surface area contributed by atoms with Crippen LogP contribution in [0, 0.1) is 0 Å². The molecule has 3 aliphatic heterocycles. The number of amides is 2. The number of methoxy groups -OCH3 is 1. The van der Waals surface area contributed by atoms with E-state index in [0.29, 0.717) is 24.1 Å². The van der Waals surface area contributed by atoms with E-state index >= 15 is 0 Å². The predicted octanol–water partition coefficient (Wildman–Crippen LogP) is 6.42. The van der Waals surface area contributed by atoms with E-state index in [2.05, 4.69) is 17.0 Å². The van der Waals surface area contributed by atoms with E-state index in [1.54, 1.807) is 19.2 Å². The Morgan fingerprint density at radius 1 is 0.884 bits per heavy atom. The average Bonchev–Trinajstić information content (AvgIpc) is 3.41. The van der Waals surface area contributed by atoms with Crippen LogP contribution >= 0.6 is 0 Å². The molecular weight excluding hydrogens is 540 g/mol. The number of unbranched alkanes of at least 4 members (excludes halogenated alkanes) is 9. The number of hydrogen-bond acceptors (Lipinski definition) is 6. The van der Waals surface area contributed by atoms with Gasteiger partial charge in [-0.05, 0) is 56.1 Å². The molecule has 0 aromatic heterocycles. The zero-order chi connectivity index (χ0) is 29.8. The number of carbonyl (C=O) groups excluding carboxylic acids is 2. The highest BCUT2D eigenvalue weighted by Crippen LogP contribution is 2.55. The molecule has 7 heteroatoms. The molecule has 1 N–H and O–H groups in total. The highest BCUT2D eigenvalue weighted by molar-refractivity contribution is 6.21. The standard InChI is InChI=1S/C36H46N2O5/c1-42-30-17-16-26-25-37(23-20-36-19-18-27(39)24-31(36)43-33(30)32(26)36)21-12-8-6-4-2-3-5-7-9-13-22-38-34(40)28-14-10-11-15-29(28)35(38)41/h10-11,14-19,27,31,39H,2-9,12-13,20-25H2,1H3/t27-,31-,36-/m0/s1. The number of aliphatic hydroxyl groups excluding tert-OH is 1. The SMILES string of the molecule is COc1ccc2c3c1O[C@H]1C[C@@H](O)C=C[C@@]31CCN(CCCCCCCCCCCCN1C(=O)c3ccccc3C1=O)C2. The maximum absolute atomic E-state index is 12.5. The highest BCUT2D eigenvalue weighted by atomic mass is 16.5. The molecule has 2 aromatic carbocycles. The third kappa shape index (κ3) is 5.99. The zero-order valence-corrected chi connectivity index (χ0v) is 25.6. The van der Waals surface area contributed by atoms with Gasteiger partial charge in [0.2, 0.25) is 0 Å². The summed E-state index contributed by atoms with van der Waals surface area (Å²) in [4.78, 5) is 29.0. The van der Waals surface area contributed by atoms with Gasteiger partial charge in [-0.3, -0.25) is 19.4 Å². The first-order valence-electron chi connectivity index (χ1n) is 16.4. The Balaban J connectivity index is 0.858. The largest absolute Gasteiger partial charge is 0.493 e. The van der Waals surface area contributed by atoms with Crippen molar-refractivity contribution in [2.24, 2.45) is 0 Å². The minimum Gasteiger partial charge on any atom is -0.493 e. The van der Waals surface area contributed by atoms with Gasteiger partial charge in [-0.1, -0.05) is 81.7 Å². The molecule has 0 radical (unpaired) electrons. The number of hydrogen-bond donors (Lipinski definition) is 1. The third-order valence-corrected chi connectivity index (χ3v) is 10.0. The molecule has 0 fully saturated rings. The molecule has 7 nitrogen and oxygen atoms in total. The quantitative estimate of drug-likeness (QED) is 0.156. The monoisotopic (exact) mass is 586 g/mol. The molecule has 43 heavy (non-hydrogen) atoms. The van der Waals surface area contributed by atoms with E-state index in [1.165, 1.54) is 61.0 Å². The lowest BCUT2D eigenvalue weighted by atomic mass is 9.69. The summed E-state index contributed by atoms with van der Waals surface area (Å²) in [6.45, 7) is 3.61. The molecule has 3 heterocycles. The summed E-state index contributed by atoms with van der Waals surface area (Å²) in [6.07, 6.45) is 17.3. The zero-order valence-electron chi connectivity index (χ0n) is 25.6. The van der Waals surface area contributed by atoms with Crippen molar-refractivity contribution in [3.05, 3.63) is 70.8 Å². The second-order valence-electron chi connectivity index (χ2n) is 12.8. The number of aliphatic hydroxyl groups is 1. The Kier molecular flexibility index (Phi) is 9.20. The molecular formula is C36H46N2O5. The Morgan fingerprint density at radius 3 is 2.16 bits per heavy atom. The summed E-state index contributed by atoms with van der Waals surface area (Å²) in [7, 11) is 1.70. The van der Waals surface area contributed by atoms with Gasteiger partial charge >= 0.3 is 0 Å². The van der Waals surface area contributed by atoms with Gasteiger partial charge in [0.25, 0.3) is 11.8 Å². The molecule has 4 aliphatic rings. The van der Waals surface area contributed by atoms with Crippen LogP contribution in [0.15, 0.2) is 48.6 Å². The lowest BCUT2D eigenvalue weighted by Gasteiger charge is -2.35. The highest BCUT2D eigenvalue weighted by Gasteiger charge is 2.52. The second-order valence-corrected chi connectivity index (χ2v) is 12.8. The van der Waals surface area contributed by atoms with Gasteiger partial charge in [-0.2, -0.15) is 0 Å². The molecule has 2 aromatic rings. The molecule has 6 rings (SSSR count). The first-order chi connectivity index (χ1) is 21.0. The number of imide groups is 1. The van der Waals surface area contributed by atoms with Crippen molar-refractivity contribution in [1.82, 2.24) is 9.80 Å². The summed E-state index contributed by atoms with van der Waals surface area (Å²) < 4.78 is 12.1. The Hall–Kier alpha value is -3.16. The lowest BCUT2D eigenvalue weighted by Crippen LogP contribution is -2.43. The second kappa shape index (κ2) is 13.2. The van der Waals surface area contributed by atoms with Crippen LogP contribution in [-0.4, -0.2) is 65.7 Å². The number of carbonyl (C=O) groups is 2. The van der Waals surface area contributed by atoms with Gasteiger partial charge in [0.15, 0.2) is 11.5 Å². The molecule has 0 bridgehead atoms. The summed E-state index contributed by atoms with van der Waals surface area (Å²) in [5.41, 5.74) is 3.54. The summed E-state index contributed by atoms with van der Waals surface area (Å²) in [6, 6.07) is 11.4. The first-order valence-corrected chi connectivity index (χ1v) is 16.4. The Labute approximate surface area is 255 Å². The minimum atomic E-state index is -0.448. The normalized spacial score (nSPS) is 24.0. The fourth-order valence-corrected chi connectivity index (χ4v) is 7.65. The molecule has 1 aliphatic carbocycles. The van der Waals surface area contributed by atoms with Gasteiger partial charge in [0.1, 0.15) is 6.10 Å².